The van der Waals surface area contributed by atoms with Crippen LogP contribution < -0.4 is 0 Å². The zero-order chi connectivity index (χ0) is 40.8. The van der Waals surface area contributed by atoms with E-state index in [1.807, 2.05) is 60.7 Å². The molecule has 0 radical (unpaired) electrons. The van der Waals surface area contributed by atoms with E-state index in [-0.39, 0.29) is 0 Å². The lowest BCUT2D eigenvalue weighted by Gasteiger charge is -2.36. The Morgan fingerprint density at radius 2 is 0.721 bits per heavy atom. The van der Waals surface area contributed by atoms with Gasteiger partial charge >= 0.3 is 0 Å². The first kappa shape index (κ1) is 35.9. The number of benzene rings is 9. The van der Waals surface area contributed by atoms with Crippen molar-refractivity contribution < 1.29 is 0 Å². The minimum absolute atomic E-state index is 0.618. The second-order valence-corrected chi connectivity index (χ2v) is 15.4. The summed E-state index contributed by atoms with van der Waals surface area (Å²) in [5, 5.41) is 11.8. The second-order valence-electron chi connectivity index (χ2n) is 15.4. The molecule has 284 valence electrons. The van der Waals surface area contributed by atoms with Crippen molar-refractivity contribution in [3.63, 3.8) is 0 Å². The van der Waals surface area contributed by atoms with Crippen LogP contribution in [0.4, 0.5) is 0 Å². The van der Waals surface area contributed by atoms with E-state index in [0.29, 0.717) is 23.0 Å². The summed E-state index contributed by atoms with van der Waals surface area (Å²) >= 11 is 0. The van der Waals surface area contributed by atoms with E-state index in [2.05, 4.69) is 164 Å². The summed E-state index contributed by atoms with van der Waals surface area (Å²) in [6.45, 7) is 0. The van der Waals surface area contributed by atoms with Crippen LogP contribution >= 0.6 is 0 Å². The third-order valence-electron chi connectivity index (χ3n) is 12.1. The van der Waals surface area contributed by atoms with Gasteiger partial charge in [0.15, 0.2) is 17.5 Å². The normalized spacial score (nSPS) is 12.4. The summed E-state index contributed by atoms with van der Waals surface area (Å²) in [6.07, 6.45) is 0. The molecule has 0 atom stereocenters. The molecule has 0 saturated heterocycles. The number of hydrogen-bond acceptors (Lipinski definition) is 4. The van der Waals surface area contributed by atoms with Crippen molar-refractivity contribution in [1.82, 2.24) is 15.0 Å². The van der Waals surface area contributed by atoms with Crippen LogP contribution in [-0.4, -0.2) is 15.0 Å². The fourth-order valence-corrected chi connectivity index (χ4v) is 9.46. The predicted molar refractivity (Wildman–Crippen MR) is 247 cm³/mol. The van der Waals surface area contributed by atoms with E-state index in [0.717, 1.165) is 72.0 Å². The first-order valence-corrected chi connectivity index (χ1v) is 20.5. The Balaban J connectivity index is 1.23. The maximum absolute atomic E-state index is 9.52. The number of aromatic nitrogens is 3. The van der Waals surface area contributed by atoms with Crippen molar-refractivity contribution >= 4 is 10.8 Å². The van der Waals surface area contributed by atoms with Gasteiger partial charge in [-0.3, -0.25) is 0 Å². The first-order valence-electron chi connectivity index (χ1n) is 20.5. The third-order valence-corrected chi connectivity index (χ3v) is 12.1. The van der Waals surface area contributed by atoms with E-state index in [9.17, 15) is 5.26 Å². The minimum Gasteiger partial charge on any atom is -0.208 e. The molecule has 1 aromatic heterocycles. The van der Waals surface area contributed by atoms with Crippen molar-refractivity contribution in [1.29, 1.82) is 5.26 Å². The summed E-state index contributed by atoms with van der Waals surface area (Å²) in [4.78, 5) is 15.7. The Morgan fingerprint density at radius 3 is 1.25 bits per heavy atom. The Labute approximate surface area is 354 Å². The van der Waals surface area contributed by atoms with Crippen LogP contribution in [0.2, 0.25) is 0 Å². The Bertz CT molecular complexity index is 3190. The standard InChI is InChI=1S/C57H36N4/c58-37-38-31-33-39(34-32-38)44-35-36-47(46-26-14-13-25-45(44)46)48-27-15-28-49-50-29-16-30-51(53(50)57(52(48)49,42-21-9-3-10-22-42)43-23-11-4-12-24-43)56-60-54(40-17-5-1-6-18-40)59-55(61-56)41-19-7-2-8-20-41/h1-36H. The highest BCUT2D eigenvalue weighted by molar-refractivity contribution is 6.07. The van der Waals surface area contributed by atoms with Crippen LogP contribution in [-0.2, 0) is 5.41 Å². The topological polar surface area (TPSA) is 62.5 Å². The number of rotatable bonds is 7. The summed E-state index contributed by atoms with van der Waals surface area (Å²) < 4.78 is 0. The number of hydrogen-bond donors (Lipinski definition) is 0. The molecule has 4 nitrogen and oxygen atoms in total. The van der Waals surface area contributed by atoms with Gasteiger partial charge in [0.05, 0.1) is 17.0 Å². The minimum atomic E-state index is -0.778. The van der Waals surface area contributed by atoms with Crippen LogP contribution in [0.25, 0.3) is 78.3 Å². The van der Waals surface area contributed by atoms with Crippen molar-refractivity contribution in [3.05, 3.63) is 246 Å². The van der Waals surface area contributed by atoms with E-state index in [1.165, 1.54) is 11.1 Å². The van der Waals surface area contributed by atoms with Crippen molar-refractivity contribution in [2.45, 2.75) is 5.41 Å². The van der Waals surface area contributed by atoms with Gasteiger partial charge in [0.25, 0.3) is 0 Å². The van der Waals surface area contributed by atoms with E-state index < -0.39 is 5.41 Å². The zero-order valence-electron chi connectivity index (χ0n) is 33.1. The first-order chi connectivity index (χ1) is 30.2. The molecule has 0 bridgehead atoms. The summed E-state index contributed by atoms with van der Waals surface area (Å²) in [7, 11) is 0. The van der Waals surface area contributed by atoms with E-state index >= 15 is 0 Å². The van der Waals surface area contributed by atoms with Gasteiger partial charge in [-0.2, -0.15) is 5.26 Å². The molecule has 0 aliphatic heterocycles. The predicted octanol–water partition coefficient (Wildman–Crippen LogP) is 13.6. The highest BCUT2D eigenvalue weighted by Crippen LogP contribution is 2.61. The van der Waals surface area contributed by atoms with Crippen molar-refractivity contribution in [2.24, 2.45) is 0 Å². The zero-order valence-corrected chi connectivity index (χ0v) is 33.1. The van der Waals surface area contributed by atoms with Crippen LogP contribution in [0.3, 0.4) is 0 Å². The average Bonchev–Trinajstić information content (AvgIpc) is 3.66. The molecule has 0 saturated carbocycles. The van der Waals surface area contributed by atoms with Crippen LogP contribution in [0.15, 0.2) is 218 Å². The second kappa shape index (κ2) is 14.8. The summed E-state index contributed by atoms with van der Waals surface area (Å²) in [6, 6.07) is 78.9. The molecular formula is C57H36N4. The quantitative estimate of drug-likeness (QED) is 0.162. The van der Waals surface area contributed by atoms with Crippen LogP contribution in [0.5, 0.6) is 0 Å². The smallest absolute Gasteiger partial charge is 0.164 e. The van der Waals surface area contributed by atoms with Gasteiger partial charge in [0, 0.05) is 16.7 Å². The Morgan fingerprint density at radius 1 is 0.311 bits per heavy atom. The molecule has 61 heavy (non-hydrogen) atoms. The van der Waals surface area contributed by atoms with Gasteiger partial charge in [-0.15, -0.1) is 0 Å². The molecule has 1 heterocycles. The van der Waals surface area contributed by atoms with Gasteiger partial charge in [0.1, 0.15) is 0 Å². The van der Waals surface area contributed by atoms with Crippen LogP contribution in [0.1, 0.15) is 27.8 Å². The molecule has 9 aromatic carbocycles. The monoisotopic (exact) mass is 776 g/mol. The lowest BCUT2D eigenvalue weighted by Crippen LogP contribution is -2.30. The summed E-state index contributed by atoms with van der Waals surface area (Å²) in [5.41, 5.74) is 14.1. The molecule has 10 aromatic rings. The number of fused-ring (bicyclic) bond motifs is 4. The molecule has 0 spiro atoms. The molecule has 0 unspecified atom stereocenters. The van der Waals surface area contributed by atoms with Gasteiger partial charge in [-0.05, 0) is 78.5 Å². The Kier molecular flexibility index (Phi) is 8.73. The molecule has 0 fully saturated rings. The molecule has 11 rings (SSSR count). The fraction of sp³-hybridized carbons (Fsp3) is 0.0175. The SMILES string of the molecule is N#Cc1ccc(-c2ccc(-c3cccc4c3C(c3ccccc3)(c3ccccc3)c3c(-c5nc(-c6ccccc6)nc(-c6ccccc6)n5)cccc3-4)c3ccccc23)cc1. The van der Waals surface area contributed by atoms with Gasteiger partial charge in [-0.1, -0.05) is 206 Å². The third kappa shape index (κ3) is 5.86. The molecule has 0 amide bonds. The lowest BCUT2D eigenvalue weighted by molar-refractivity contribution is 0.771. The summed E-state index contributed by atoms with van der Waals surface area (Å²) in [5.74, 6) is 1.86. The van der Waals surface area contributed by atoms with Gasteiger partial charge in [-0.25, -0.2) is 15.0 Å². The maximum Gasteiger partial charge on any atom is 0.164 e. The molecule has 1 aliphatic rings. The highest BCUT2D eigenvalue weighted by Gasteiger charge is 2.49. The van der Waals surface area contributed by atoms with E-state index in [4.69, 9.17) is 15.0 Å². The largest absolute Gasteiger partial charge is 0.208 e. The molecule has 0 N–H and O–H groups in total. The lowest BCUT2D eigenvalue weighted by atomic mass is 9.65. The van der Waals surface area contributed by atoms with Crippen molar-refractivity contribution in [2.75, 3.05) is 0 Å². The molecule has 4 heteroatoms. The number of nitriles is 1. The van der Waals surface area contributed by atoms with Crippen molar-refractivity contribution in [3.8, 4) is 73.6 Å². The number of nitrogens with zero attached hydrogens (tertiary/aromatic N) is 4. The van der Waals surface area contributed by atoms with Gasteiger partial charge < -0.3 is 0 Å². The van der Waals surface area contributed by atoms with Gasteiger partial charge in [0.2, 0.25) is 0 Å². The maximum atomic E-state index is 9.52. The molecule has 1 aliphatic carbocycles. The fourth-order valence-electron chi connectivity index (χ4n) is 9.46. The highest BCUT2D eigenvalue weighted by atomic mass is 15.0. The van der Waals surface area contributed by atoms with Crippen LogP contribution in [0, 0.1) is 11.3 Å². The molecular weight excluding hydrogens is 741 g/mol. The Hall–Kier alpha value is -8.26. The average molecular weight is 777 g/mol. The van der Waals surface area contributed by atoms with E-state index in [1.54, 1.807) is 0 Å².